The topological polar surface area (TPSA) is 0 Å². The van der Waals surface area contributed by atoms with Gasteiger partial charge in [0, 0.05) is 10.4 Å². The van der Waals surface area contributed by atoms with E-state index in [-0.39, 0.29) is 10.4 Å². The first-order chi connectivity index (χ1) is 5.95. The van der Waals surface area contributed by atoms with Gasteiger partial charge in [-0.3, -0.25) is 0 Å². The lowest BCUT2D eigenvalue weighted by atomic mass is 10.1. The van der Waals surface area contributed by atoms with Gasteiger partial charge in [-0.2, -0.15) is 13.2 Å². The van der Waals surface area contributed by atoms with Crippen LogP contribution < -0.4 is 0 Å². The van der Waals surface area contributed by atoms with Crippen LogP contribution >= 0.6 is 27.5 Å². The first-order valence-corrected chi connectivity index (χ1v) is 4.69. The molecule has 1 rings (SSSR count). The van der Waals surface area contributed by atoms with Crippen molar-refractivity contribution in [3.05, 3.63) is 33.8 Å². The summed E-state index contributed by atoms with van der Waals surface area (Å²) >= 11 is 8.25. The van der Waals surface area contributed by atoms with Crippen LogP contribution in [-0.4, -0.2) is 0 Å². The molecule has 1 aromatic rings. The molecule has 0 N–H and O–H groups in total. The average Bonchev–Trinajstić information content (AvgIpc) is 2.03. The second kappa shape index (κ2) is 3.88. The summed E-state index contributed by atoms with van der Waals surface area (Å²) < 4.78 is 36.9. The summed E-state index contributed by atoms with van der Waals surface area (Å²) in [6.45, 7) is 0. The van der Waals surface area contributed by atoms with Gasteiger partial charge in [0.25, 0.3) is 0 Å². The van der Waals surface area contributed by atoms with Gasteiger partial charge in [-0.05, 0) is 17.7 Å². The third kappa shape index (κ3) is 2.61. The van der Waals surface area contributed by atoms with E-state index in [9.17, 15) is 13.2 Å². The van der Waals surface area contributed by atoms with Crippen LogP contribution in [0.5, 0.6) is 0 Å². The molecule has 72 valence electrons. The first kappa shape index (κ1) is 10.9. The van der Waals surface area contributed by atoms with Crippen molar-refractivity contribution < 1.29 is 13.2 Å². The van der Waals surface area contributed by atoms with Gasteiger partial charge in [0.2, 0.25) is 0 Å². The van der Waals surface area contributed by atoms with Crippen molar-refractivity contribution in [3.8, 4) is 0 Å². The third-order valence-electron chi connectivity index (χ3n) is 1.49. The fourth-order valence-electron chi connectivity index (χ4n) is 0.873. The first-order valence-electron chi connectivity index (χ1n) is 3.36. The second-order valence-corrected chi connectivity index (χ2v) is 3.57. The Morgan fingerprint density at radius 2 is 1.92 bits per heavy atom. The molecule has 0 atom stereocenters. The van der Waals surface area contributed by atoms with Gasteiger partial charge in [0.05, 0.1) is 5.56 Å². The van der Waals surface area contributed by atoms with Crippen LogP contribution in [-0.2, 0) is 12.1 Å². The maximum absolute atomic E-state index is 12.3. The Kier molecular flexibility index (Phi) is 3.24. The molecule has 5 heteroatoms. The molecule has 0 saturated carbocycles. The van der Waals surface area contributed by atoms with Gasteiger partial charge in [0.15, 0.2) is 0 Å². The summed E-state index contributed by atoms with van der Waals surface area (Å²) in [7, 11) is 0. The summed E-state index contributed by atoms with van der Waals surface area (Å²) in [6, 6.07) is 3.93. The molecule has 0 unspecified atom stereocenters. The SMILES string of the molecule is FC(F)(F)c1cc(CCl)ccc1Br. The van der Waals surface area contributed by atoms with Gasteiger partial charge in [-0.1, -0.05) is 22.0 Å². The third-order valence-corrected chi connectivity index (χ3v) is 2.49. The summed E-state index contributed by atoms with van der Waals surface area (Å²) in [5.74, 6) is 0.0797. The van der Waals surface area contributed by atoms with Gasteiger partial charge < -0.3 is 0 Å². The zero-order valence-corrected chi connectivity index (χ0v) is 8.67. The largest absolute Gasteiger partial charge is 0.417 e. The summed E-state index contributed by atoms with van der Waals surface area (Å²) in [4.78, 5) is 0. The van der Waals surface area contributed by atoms with E-state index in [1.165, 1.54) is 6.07 Å². The highest BCUT2D eigenvalue weighted by molar-refractivity contribution is 9.10. The van der Waals surface area contributed by atoms with Gasteiger partial charge in [0.1, 0.15) is 0 Å². The van der Waals surface area contributed by atoms with Crippen molar-refractivity contribution in [2.75, 3.05) is 0 Å². The molecular formula is C8H5BrClF3. The van der Waals surface area contributed by atoms with Crippen molar-refractivity contribution in [3.63, 3.8) is 0 Å². The lowest BCUT2D eigenvalue weighted by Gasteiger charge is -2.09. The molecule has 1 aromatic carbocycles. The second-order valence-electron chi connectivity index (χ2n) is 2.45. The van der Waals surface area contributed by atoms with Crippen LogP contribution in [0.2, 0.25) is 0 Å². The number of hydrogen-bond donors (Lipinski definition) is 0. The average molecular weight is 273 g/mol. The summed E-state index contributed by atoms with van der Waals surface area (Å²) in [6.07, 6.45) is -4.33. The predicted molar refractivity (Wildman–Crippen MR) is 48.7 cm³/mol. The minimum Gasteiger partial charge on any atom is -0.166 e. The molecule has 0 amide bonds. The monoisotopic (exact) mass is 272 g/mol. The number of rotatable bonds is 1. The Morgan fingerprint density at radius 1 is 1.31 bits per heavy atom. The van der Waals surface area contributed by atoms with E-state index < -0.39 is 11.7 Å². The van der Waals surface area contributed by atoms with E-state index in [0.29, 0.717) is 5.56 Å². The van der Waals surface area contributed by atoms with Crippen molar-refractivity contribution >= 4 is 27.5 Å². The Balaban J connectivity index is 3.19. The fourth-order valence-corrected chi connectivity index (χ4v) is 1.51. The number of alkyl halides is 4. The lowest BCUT2D eigenvalue weighted by Crippen LogP contribution is -2.06. The van der Waals surface area contributed by atoms with Crippen LogP contribution in [0.25, 0.3) is 0 Å². The van der Waals surface area contributed by atoms with Crippen molar-refractivity contribution in [1.82, 2.24) is 0 Å². The van der Waals surface area contributed by atoms with E-state index in [2.05, 4.69) is 15.9 Å². The summed E-state index contributed by atoms with van der Waals surface area (Å²) in [5, 5.41) is 0. The highest BCUT2D eigenvalue weighted by Crippen LogP contribution is 2.35. The Bertz CT molecular complexity index is 309. The normalized spacial score (nSPS) is 11.8. The number of benzene rings is 1. The van der Waals surface area contributed by atoms with Crippen LogP contribution in [0.3, 0.4) is 0 Å². The van der Waals surface area contributed by atoms with Gasteiger partial charge >= 0.3 is 6.18 Å². The molecular weight excluding hydrogens is 268 g/mol. The quantitative estimate of drug-likeness (QED) is 0.673. The molecule has 0 aromatic heterocycles. The van der Waals surface area contributed by atoms with Crippen LogP contribution in [0.15, 0.2) is 22.7 Å². The van der Waals surface area contributed by atoms with E-state index >= 15 is 0 Å². The van der Waals surface area contributed by atoms with Crippen LogP contribution in [0.4, 0.5) is 13.2 Å². The molecule has 0 radical (unpaired) electrons. The standard InChI is InChI=1S/C8H5BrClF3/c9-7-2-1-5(4-10)3-6(7)8(11,12)13/h1-3H,4H2. The molecule has 0 aliphatic rings. The molecule has 0 fully saturated rings. The molecule has 0 saturated heterocycles. The van der Waals surface area contributed by atoms with Crippen LogP contribution in [0, 0.1) is 0 Å². The van der Waals surface area contributed by atoms with E-state index in [1.807, 2.05) is 0 Å². The highest BCUT2D eigenvalue weighted by Gasteiger charge is 2.32. The van der Waals surface area contributed by atoms with Crippen LogP contribution in [0.1, 0.15) is 11.1 Å². The molecule has 0 bridgehead atoms. The summed E-state index contributed by atoms with van der Waals surface area (Å²) in [5.41, 5.74) is -0.233. The smallest absolute Gasteiger partial charge is 0.166 e. The molecule has 0 aliphatic carbocycles. The minimum atomic E-state index is -4.33. The lowest BCUT2D eigenvalue weighted by molar-refractivity contribution is -0.138. The molecule has 0 spiro atoms. The van der Waals surface area contributed by atoms with Crippen molar-refractivity contribution in [2.24, 2.45) is 0 Å². The van der Waals surface area contributed by atoms with Crippen molar-refractivity contribution in [1.29, 1.82) is 0 Å². The number of halogens is 5. The predicted octanol–water partition coefficient (Wildman–Crippen LogP) is 4.21. The van der Waals surface area contributed by atoms with E-state index in [4.69, 9.17) is 11.6 Å². The minimum absolute atomic E-state index is 0.0360. The Morgan fingerprint density at radius 3 is 2.38 bits per heavy atom. The van der Waals surface area contributed by atoms with Gasteiger partial charge in [-0.25, -0.2) is 0 Å². The van der Waals surface area contributed by atoms with E-state index in [0.717, 1.165) is 6.07 Å². The molecule has 0 aliphatic heterocycles. The van der Waals surface area contributed by atoms with E-state index in [1.54, 1.807) is 6.07 Å². The Labute approximate surface area is 86.8 Å². The maximum atomic E-state index is 12.3. The highest BCUT2D eigenvalue weighted by atomic mass is 79.9. The number of hydrogen-bond acceptors (Lipinski definition) is 0. The fraction of sp³-hybridized carbons (Fsp3) is 0.250. The van der Waals surface area contributed by atoms with Crippen molar-refractivity contribution in [2.45, 2.75) is 12.1 Å². The maximum Gasteiger partial charge on any atom is 0.417 e. The zero-order chi connectivity index (χ0) is 10.1. The molecule has 0 nitrogen and oxygen atoms in total. The molecule has 13 heavy (non-hydrogen) atoms. The Hall–Kier alpha value is -0.220. The zero-order valence-electron chi connectivity index (χ0n) is 6.33. The van der Waals surface area contributed by atoms with Gasteiger partial charge in [-0.15, -0.1) is 11.6 Å². The molecule has 0 heterocycles.